The van der Waals surface area contributed by atoms with Crippen molar-refractivity contribution in [1.82, 2.24) is 4.98 Å². The first-order valence-electron chi connectivity index (χ1n) is 3.83. The molecule has 0 aliphatic carbocycles. The summed E-state index contributed by atoms with van der Waals surface area (Å²) in [5.41, 5.74) is 6.26. The maximum Gasteiger partial charge on any atom is 0.282 e. The van der Waals surface area contributed by atoms with E-state index in [1.54, 1.807) is 6.20 Å². The van der Waals surface area contributed by atoms with Gasteiger partial charge in [0.2, 0.25) is 0 Å². The van der Waals surface area contributed by atoms with Crippen molar-refractivity contribution in [1.29, 1.82) is 0 Å². The van der Waals surface area contributed by atoms with E-state index < -0.39 is 0 Å². The van der Waals surface area contributed by atoms with Crippen LogP contribution in [0, 0.1) is 0 Å². The second-order valence-electron chi connectivity index (χ2n) is 2.70. The second kappa shape index (κ2) is 3.33. The Labute approximate surface area is 84.0 Å². The number of pyridine rings is 1. The van der Waals surface area contributed by atoms with Crippen molar-refractivity contribution in [3.63, 3.8) is 0 Å². The molecule has 0 aromatic carbocycles. The summed E-state index contributed by atoms with van der Waals surface area (Å²) in [6.45, 7) is 0.487. The molecule has 2 heterocycles. The topological polar surface area (TPSA) is 60.5 Å². The smallest absolute Gasteiger partial charge is 0.282 e. The lowest BCUT2D eigenvalue weighted by Crippen LogP contribution is -2.10. The molecule has 0 bridgehead atoms. The monoisotopic (exact) mass is 241 g/mol. The Kier molecular flexibility index (Phi) is 2.18. The van der Waals surface area contributed by atoms with E-state index in [-0.39, 0.29) is 12.1 Å². The van der Waals surface area contributed by atoms with Gasteiger partial charge in [-0.1, -0.05) is 0 Å². The summed E-state index contributed by atoms with van der Waals surface area (Å²) in [7, 11) is 0. The molecule has 5 heteroatoms. The van der Waals surface area contributed by atoms with Gasteiger partial charge in [0.15, 0.2) is 0 Å². The van der Waals surface area contributed by atoms with E-state index in [2.05, 4.69) is 25.9 Å². The van der Waals surface area contributed by atoms with E-state index in [0.717, 1.165) is 10.2 Å². The van der Waals surface area contributed by atoms with Crippen molar-refractivity contribution < 1.29 is 4.74 Å². The Bertz CT molecular complexity index is 336. The molecule has 1 aromatic heterocycles. The van der Waals surface area contributed by atoms with Gasteiger partial charge >= 0.3 is 0 Å². The number of hydrogen-bond acceptors (Lipinski definition) is 4. The van der Waals surface area contributed by atoms with E-state index in [4.69, 9.17) is 10.5 Å². The molecule has 1 aliphatic heterocycles. The van der Waals surface area contributed by atoms with Crippen molar-refractivity contribution in [2.24, 2.45) is 10.7 Å². The third kappa shape index (κ3) is 1.80. The largest absolute Gasteiger partial charge is 0.463 e. The Hall–Kier alpha value is -1.10. The normalized spacial score (nSPS) is 21.0. The highest BCUT2D eigenvalue weighted by Crippen LogP contribution is 2.20. The van der Waals surface area contributed by atoms with Gasteiger partial charge in [-0.05, 0) is 28.1 Å². The fraction of sp³-hybridized carbons (Fsp3) is 0.250. The number of nitrogens with two attached hydrogens (primary N) is 1. The number of ether oxygens (including phenoxy) is 1. The summed E-state index contributed by atoms with van der Waals surface area (Å²) in [6, 6.07) is 4.02. The standard InChI is InChI=1S/C8H8BrN3O/c9-5-1-2-6(11-3-5)7-4-13-8(10)12-7/h1-3,7H,4H2,(H2,10,12). The van der Waals surface area contributed by atoms with E-state index in [1.165, 1.54) is 0 Å². The number of amidine groups is 1. The molecule has 4 nitrogen and oxygen atoms in total. The Morgan fingerprint density at radius 2 is 2.38 bits per heavy atom. The predicted octanol–water partition coefficient (Wildman–Crippen LogP) is 1.23. The van der Waals surface area contributed by atoms with E-state index in [0.29, 0.717) is 6.61 Å². The number of hydrogen-bond donors (Lipinski definition) is 1. The average Bonchev–Trinajstić information content (AvgIpc) is 2.53. The Morgan fingerprint density at radius 3 is 2.92 bits per heavy atom. The highest BCUT2D eigenvalue weighted by molar-refractivity contribution is 9.10. The summed E-state index contributed by atoms with van der Waals surface area (Å²) in [6.07, 6.45) is 1.74. The van der Waals surface area contributed by atoms with Crippen LogP contribution in [0.2, 0.25) is 0 Å². The van der Waals surface area contributed by atoms with Gasteiger partial charge in [-0.25, -0.2) is 4.99 Å². The quantitative estimate of drug-likeness (QED) is 0.805. The van der Waals surface area contributed by atoms with Gasteiger partial charge < -0.3 is 10.5 Å². The second-order valence-corrected chi connectivity index (χ2v) is 3.61. The summed E-state index contributed by atoms with van der Waals surface area (Å²) in [4.78, 5) is 8.29. The minimum Gasteiger partial charge on any atom is -0.463 e. The molecule has 1 aromatic rings. The zero-order valence-electron chi connectivity index (χ0n) is 6.77. The molecule has 68 valence electrons. The number of aromatic nitrogens is 1. The van der Waals surface area contributed by atoms with Gasteiger partial charge in [-0.3, -0.25) is 4.98 Å². The molecule has 13 heavy (non-hydrogen) atoms. The predicted molar refractivity (Wildman–Crippen MR) is 52.3 cm³/mol. The summed E-state index contributed by atoms with van der Waals surface area (Å²) in [5, 5.41) is 0. The number of halogens is 1. The minimum absolute atomic E-state index is 0.0481. The first-order chi connectivity index (χ1) is 6.25. The van der Waals surface area contributed by atoms with Crippen molar-refractivity contribution in [2.45, 2.75) is 6.04 Å². The number of aliphatic imine (C=N–C) groups is 1. The summed E-state index contributed by atoms with van der Waals surface area (Å²) < 4.78 is 5.98. The molecule has 1 atom stereocenters. The molecule has 0 saturated carbocycles. The Balaban J connectivity index is 2.22. The van der Waals surface area contributed by atoms with Crippen LogP contribution in [0.1, 0.15) is 11.7 Å². The van der Waals surface area contributed by atoms with Crippen LogP contribution in [0.5, 0.6) is 0 Å². The zero-order valence-corrected chi connectivity index (χ0v) is 8.36. The Morgan fingerprint density at radius 1 is 1.54 bits per heavy atom. The zero-order chi connectivity index (χ0) is 9.26. The maximum atomic E-state index is 5.38. The fourth-order valence-corrected chi connectivity index (χ4v) is 1.36. The number of nitrogens with zero attached hydrogens (tertiary/aromatic N) is 2. The molecule has 2 N–H and O–H groups in total. The van der Waals surface area contributed by atoms with Crippen molar-refractivity contribution in [3.8, 4) is 0 Å². The first-order valence-corrected chi connectivity index (χ1v) is 4.62. The first kappa shape index (κ1) is 8.50. The van der Waals surface area contributed by atoms with Crippen LogP contribution in [0.4, 0.5) is 0 Å². The molecule has 2 rings (SSSR count). The van der Waals surface area contributed by atoms with Crippen LogP contribution in [-0.2, 0) is 4.74 Å². The molecule has 0 radical (unpaired) electrons. The lowest BCUT2D eigenvalue weighted by Gasteiger charge is -2.02. The highest BCUT2D eigenvalue weighted by Gasteiger charge is 2.19. The molecule has 0 saturated heterocycles. The van der Waals surface area contributed by atoms with Crippen molar-refractivity contribution in [2.75, 3.05) is 6.61 Å². The molecule has 0 fully saturated rings. The van der Waals surface area contributed by atoms with E-state index in [1.807, 2.05) is 12.1 Å². The van der Waals surface area contributed by atoms with Crippen molar-refractivity contribution in [3.05, 3.63) is 28.5 Å². The van der Waals surface area contributed by atoms with Crippen LogP contribution in [0.25, 0.3) is 0 Å². The number of rotatable bonds is 1. The third-order valence-electron chi connectivity index (χ3n) is 1.76. The van der Waals surface area contributed by atoms with E-state index in [9.17, 15) is 0 Å². The maximum absolute atomic E-state index is 5.38. The third-order valence-corrected chi connectivity index (χ3v) is 2.23. The van der Waals surface area contributed by atoms with Gasteiger partial charge in [-0.2, -0.15) is 0 Å². The van der Waals surface area contributed by atoms with Gasteiger partial charge in [0.25, 0.3) is 6.02 Å². The fourth-order valence-electron chi connectivity index (χ4n) is 1.13. The van der Waals surface area contributed by atoms with Gasteiger partial charge in [0.1, 0.15) is 12.6 Å². The van der Waals surface area contributed by atoms with Gasteiger partial charge in [0, 0.05) is 10.7 Å². The molecule has 0 amide bonds. The van der Waals surface area contributed by atoms with Gasteiger partial charge in [-0.15, -0.1) is 0 Å². The van der Waals surface area contributed by atoms with Gasteiger partial charge in [0.05, 0.1) is 5.69 Å². The molecule has 1 aliphatic rings. The van der Waals surface area contributed by atoms with Crippen LogP contribution in [-0.4, -0.2) is 17.6 Å². The molecular weight excluding hydrogens is 234 g/mol. The summed E-state index contributed by atoms with van der Waals surface area (Å²) >= 11 is 3.31. The lowest BCUT2D eigenvalue weighted by molar-refractivity contribution is 0.313. The van der Waals surface area contributed by atoms with Crippen molar-refractivity contribution >= 4 is 22.0 Å². The van der Waals surface area contributed by atoms with Crippen LogP contribution in [0.15, 0.2) is 27.8 Å². The molecule has 1 unspecified atom stereocenters. The summed E-state index contributed by atoms with van der Waals surface area (Å²) in [5.74, 6) is 0. The molecular formula is C8H8BrN3O. The van der Waals surface area contributed by atoms with Crippen LogP contribution in [0.3, 0.4) is 0 Å². The minimum atomic E-state index is -0.0481. The lowest BCUT2D eigenvalue weighted by atomic mass is 10.2. The molecule has 0 spiro atoms. The SMILES string of the molecule is NC1=NC(c2ccc(Br)cn2)CO1. The highest BCUT2D eigenvalue weighted by atomic mass is 79.9. The van der Waals surface area contributed by atoms with E-state index >= 15 is 0 Å². The van der Waals surface area contributed by atoms with Crippen LogP contribution < -0.4 is 5.73 Å². The van der Waals surface area contributed by atoms with Crippen LogP contribution >= 0.6 is 15.9 Å². The average molecular weight is 242 g/mol.